The fourth-order valence-corrected chi connectivity index (χ4v) is 4.93. The lowest BCUT2D eigenvalue weighted by Crippen LogP contribution is -2.52. The number of hydrogen-bond acceptors (Lipinski definition) is 5. The predicted octanol–water partition coefficient (Wildman–Crippen LogP) is 4.82. The minimum atomic E-state index is -3.53. The van der Waals surface area contributed by atoms with E-state index in [-0.39, 0.29) is 30.2 Å². The van der Waals surface area contributed by atoms with Crippen LogP contribution in [0.4, 0.5) is 13.6 Å². The summed E-state index contributed by atoms with van der Waals surface area (Å²) in [6.07, 6.45) is -1.58. The fourth-order valence-electron chi connectivity index (χ4n) is 4.93. The average molecular weight is 572 g/mol. The van der Waals surface area contributed by atoms with Crippen molar-refractivity contribution < 1.29 is 32.7 Å². The summed E-state index contributed by atoms with van der Waals surface area (Å²) in [4.78, 5) is 49.5. The second kappa shape index (κ2) is 14.2. The van der Waals surface area contributed by atoms with E-state index in [1.807, 2.05) is 44.2 Å². The zero-order valence-electron chi connectivity index (χ0n) is 23.9. The molecule has 1 saturated heterocycles. The summed E-state index contributed by atoms with van der Waals surface area (Å²) in [6.45, 7) is 7.22. The molecule has 1 heterocycles. The van der Waals surface area contributed by atoms with Gasteiger partial charge in [-0.2, -0.15) is 8.78 Å². The number of nitrogens with one attached hydrogen (secondary N) is 3. The van der Waals surface area contributed by atoms with Crippen molar-refractivity contribution in [2.24, 2.45) is 17.8 Å². The molecule has 3 rings (SSSR count). The van der Waals surface area contributed by atoms with Crippen molar-refractivity contribution in [3.05, 3.63) is 60.2 Å². The van der Waals surface area contributed by atoms with Gasteiger partial charge in [0.05, 0.1) is 6.04 Å². The van der Waals surface area contributed by atoms with Crippen LogP contribution in [-0.4, -0.2) is 48.9 Å². The molecule has 0 unspecified atom stereocenters. The van der Waals surface area contributed by atoms with Crippen molar-refractivity contribution in [3.63, 3.8) is 0 Å². The van der Waals surface area contributed by atoms with Gasteiger partial charge in [0.2, 0.25) is 11.8 Å². The third kappa shape index (κ3) is 8.58. The number of amides is 3. The highest BCUT2D eigenvalue weighted by molar-refractivity contribution is 5.88. The Hall–Kier alpha value is -3.82. The topological polar surface area (TPSA) is 114 Å². The summed E-state index contributed by atoms with van der Waals surface area (Å²) in [5.41, 5.74) is 1.07. The first-order chi connectivity index (χ1) is 19.4. The molecule has 0 bridgehead atoms. The molecular formula is C31H39F2N3O5. The monoisotopic (exact) mass is 571 g/mol. The lowest BCUT2D eigenvalue weighted by atomic mass is 9.92. The second-order valence-corrected chi connectivity index (χ2v) is 11.2. The van der Waals surface area contributed by atoms with Gasteiger partial charge in [0, 0.05) is 18.0 Å². The smallest absolute Gasteiger partial charge is 0.408 e. The van der Waals surface area contributed by atoms with Crippen LogP contribution in [-0.2, 0) is 25.0 Å². The van der Waals surface area contributed by atoms with E-state index in [0.717, 1.165) is 5.56 Å². The highest BCUT2D eigenvalue weighted by Crippen LogP contribution is 2.38. The number of halogens is 2. The highest BCUT2D eigenvalue weighted by Gasteiger charge is 2.46. The number of aldehydes is 1. The van der Waals surface area contributed by atoms with E-state index in [2.05, 4.69) is 16.0 Å². The van der Waals surface area contributed by atoms with E-state index >= 15 is 8.78 Å². The van der Waals surface area contributed by atoms with Crippen molar-refractivity contribution in [1.82, 2.24) is 16.0 Å². The Morgan fingerprint density at radius 1 is 1.05 bits per heavy atom. The van der Waals surface area contributed by atoms with Crippen LogP contribution in [0.3, 0.4) is 0 Å². The molecule has 2 aromatic rings. The third-order valence-electron chi connectivity index (χ3n) is 7.06. The SMILES string of the molecule is CC(C)C[C@H](NC(=O)O[C@H](C(C)C)C(F)(F)c1cccc(-c2ccccc2)c1)C(=O)N[C@H](C=O)C[C@@H]1CCNC1=O. The molecule has 4 atom stereocenters. The van der Waals surface area contributed by atoms with Crippen molar-refractivity contribution in [3.8, 4) is 11.1 Å². The number of alkyl halides is 2. The lowest BCUT2D eigenvalue weighted by Gasteiger charge is -2.31. The Morgan fingerprint density at radius 3 is 2.32 bits per heavy atom. The lowest BCUT2D eigenvalue weighted by molar-refractivity contribution is -0.136. The normalized spacial score (nSPS) is 17.5. The van der Waals surface area contributed by atoms with Crippen molar-refractivity contribution in [2.45, 2.75) is 71.1 Å². The molecule has 0 saturated carbocycles. The number of benzene rings is 2. The van der Waals surface area contributed by atoms with Gasteiger partial charge in [-0.05, 0) is 48.3 Å². The summed E-state index contributed by atoms with van der Waals surface area (Å²) >= 11 is 0. The fraction of sp³-hybridized carbons (Fsp3) is 0.484. The Bertz CT molecular complexity index is 1210. The third-order valence-corrected chi connectivity index (χ3v) is 7.06. The molecule has 10 heteroatoms. The minimum absolute atomic E-state index is 0.0515. The van der Waals surface area contributed by atoms with Gasteiger partial charge in [-0.1, -0.05) is 76.2 Å². The molecule has 1 fully saturated rings. The number of hydrogen-bond donors (Lipinski definition) is 3. The van der Waals surface area contributed by atoms with Gasteiger partial charge in [0.1, 0.15) is 12.3 Å². The first-order valence-electron chi connectivity index (χ1n) is 14.0. The van der Waals surface area contributed by atoms with Gasteiger partial charge in [-0.15, -0.1) is 0 Å². The maximum absolute atomic E-state index is 15.8. The molecule has 3 N–H and O–H groups in total. The molecule has 222 valence electrons. The zero-order chi connectivity index (χ0) is 30.2. The Balaban J connectivity index is 1.73. The quantitative estimate of drug-likeness (QED) is 0.299. The standard InChI is InChI=1S/C31H39F2N3O5/c1-19(2)15-26(29(39)35-25(18-37)17-23-13-14-34-28(23)38)36-30(40)41-27(20(3)4)31(32,33)24-12-8-11-22(16-24)21-9-6-5-7-10-21/h5-12,16,18-20,23,25-27H,13-15,17H2,1-4H3,(H,34,38)(H,35,39)(H,36,40)/t23-,25-,26-,27+/m0/s1. The first-order valence-corrected chi connectivity index (χ1v) is 14.0. The van der Waals surface area contributed by atoms with Crippen molar-refractivity contribution >= 4 is 24.2 Å². The van der Waals surface area contributed by atoms with Gasteiger partial charge < -0.3 is 25.5 Å². The molecular weight excluding hydrogens is 532 g/mol. The van der Waals surface area contributed by atoms with Gasteiger partial charge in [-0.3, -0.25) is 9.59 Å². The molecule has 1 aliphatic heterocycles. The summed E-state index contributed by atoms with van der Waals surface area (Å²) in [5.74, 6) is -5.58. The molecule has 3 amide bonds. The summed E-state index contributed by atoms with van der Waals surface area (Å²) in [7, 11) is 0. The average Bonchev–Trinajstić information content (AvgIpc) is 3.34. The van der Waals surface area contributed by atoms with Crippen LogP contribution in [0.1, 0.15) is 52.5 Å². The van der Waals surface area contributed by atoms with Gasteiger partial charge in [0.25, 0.3) is 0 Å². The van der Waals surface area contributed by atoms with Gasteiger partial charge in [0.15, 0.2) is 6.10 Å². The maximum Gasteiger partial charge on any atom is 0.408 e. The molecule has 41 heavy (non-hydrogen) atoms. The van der Waals surface area contributed by atoms with E-state index in [4.69, 9.17) is 4.74 Å². The number of ether oxygens (including phenoxy) is 1. The first kappa shape index (κ1) is 31.7. The molecule has 0 radical (unpaired) electrons. The summed E-state index contributed by atoms with van der Waals surface area (Å²) in [5, 5.41) is 7.69. The Kier molecular flexibility index (Phi) is 11.0. The van der Waals surface area contributed by atoms with Crippen LogP contribution in [0.2, 0.25) is 0 Å². The van der Waals surface area contributed by atoms with Crippen LogP contribution in [0.25, 0.3) is 11.1 Å². The van der Waals surface area contributed by atoms with Crippen LogP contribution >= 0.6 is 0 Å². The summed E-state index contributed by atoms with van der Waals surface area (Å²) in [6, 6.07) is 13.0. The van der Waals surface area contributed by atoms with Crippen molar-refractivity contribution in [1.29, 1.82) is 0 Å². The predicted molar refractivity (Wildman–Crippen MR) is 151 cm³/mol. The van der Waals surface area contributed by atoms with Crippen LogP contribution in [0.15, 0.2) is 54.6 Å². The molecule has 0 spiro atoms. The number of rotatable bonds is 13. The van der Waals surface area contributed by atoms with E-state index < -0.39 is 47.9 Å². The van der Waals surface area contributed by atoms with E-state index in [9.17, 15) is 19.2 Å². The molecule has 0 aliphatic carbocycles. The molecule has 0 aromatic heterocycles. The van der Waals surface area contributed by atoms with E-state index in [0.29, 0.717) is 24.8 Å². The van der Waals surface area contributed by atoms with Gasteiger partial charge >= 0.3 is 12.0 Å². The molecule has 1 aliphatic rings. The second-order valence-electron chi connectivity index (χ2n) is 11.2. The van der Waals surface area contributed by atoms with E-state index in [1.165, 1.54) is 32.0 Å². The van der Waals surface area contributed by atoms with E-state index in [1.54, 1.807) is 6.07 Å². The number of carbonyl (C=O) groups excluding carboxylic acids is 4. The van der Waals surface area contributed by atoms with Crippen LogP contribution in [0.5, 0.6) is 0 Å². The van der Waals surface area contributed by atoms with Crippen LogP contribution < -0.4 is 16.0 Å². The highest BCUT2D eigenvalue weighted by atomic mass is 19.3. The number of carbonyl (C=O) groups is 4. The Labute approximate surface area is 239 Å². The van der Waals surface area contributed by atoms with Crippen molar-refractivity contribution in [2.75, 3.05) is 6.54 Å². The largest absolute Gasteiger partial charge is 0.439 e. The molecule has 2 aromatic carbocycles. The Morgan fingerprint density at radius 2 is 1.73 bits per heavy atom. The number of alkyl carbamates (subject to hydrolysis) is 1. The van der Waals surface area contributed by atoms with Crippen LogP contribution in [0, 0.1) is 17.8 Å². The zero-order valence-corrected chi connectivity index (χ0v) is 23.9. The minimum Gasteiger partial charge on any atom is -0.439 e. The summed E-state index contributed by atoms with van der Waals surface area (Å²) < 4.78 is 36.9. The molecule has 8 nitrogen and oxygen atoms in total. The van der Waals surface area contributed by atoms with Gasteiger partial charge in [-0.25, -0.2) is 4.79 Å². The maximum atomic E-state index is 15.8.